The van der Waals surface area contributed by atoms with Gasteiger partial charge in [-0.25, -0.2) is 4.39 Å². The van der Waals surface area contributed by atoms with E-state index in [1.54, 1.807) is 6.92 Å². The molecule has 0 aliphatic heterocycles. The molecule has 0 nitrogen and oxygen atoms in total. The van der Waals surface area contributed by atoms with Crippen LogP contribution in [0.1, 0.15) is 97.3 Å². The van der Waals surface area contributed by atoms with Crippen LogP contribution >= 0.6 is 0 Å². The van der Waals surface area contributed by atoms with E-state index < -0.39 is 6.17 Å². The first-order chi connectivity index (χ1) is 8.27. The van der Waals surface area contributed by atoms with Crippen molar-refractivity contribution in [1.82, 2.24) is 0 Å². The van der Waals surface area contributed by atoms with Crippen molar-refractivity contribution in [3.8, 4) is 0 Å². The molecule has 1 atom stereocenters. The van der Waals surface area contributed by atoms with Gasteiger partial charge in [0.25, 0.3) is 0 Å². The summed E-state index contributed by atoms with van der Waals surface area (Å²) in [6, 6.07) is 0. The van der Waals surface area contributed by atoms with Crippen LogP contribution in [0.3, 0.4) is 0 Å². The number of rotatable bonds is 13. The molecular weight excluding hydrogens is 211 g/mol. The third kappa shape index (κ3) is 15.9. The number of unbranched alkanes of at least 4 members (excludes halogenated alkanes) is 11. The van der Waals surface area contributed by atoms with E-state index in [-0.39, 0.29) is 0 Å². The Kier molecular flexibility index (Phi) is 13.9. The van der Waals surface area contributed by atoms with E-state index in [1.807, 2.05) is 0 Å². The topological polar surface area (TPSA) is 0 Å². The first-order valence-corrected chi connectivity index (χ1v) is 7.91. The maximum absolute atomic E-state index is 12.5. The van der Waals surface area contributed by atoms with Crippen molar-refractivity contribution in [1.29, 1.82) is 0 Å². The molecule has 1 heteroatoms. The summed E-state index contributed by atoms with van der Waals surface area (Å²) in [5, 5.41) is 0. The van der Waals surface area contributed by atoms with Crippen LogP contribution in [-0.4, -0.2) is 6.17 Å². The fourth-order valence-corrected chi connectivity index (χ4v) is 2.27. The summed E-state index contributed by atoms with van der Waals surface area (Å²) in [6.45, 7) is 3.93. The molecule has 0 heterocycles. The first-order valence-electron chi connectivity index (χ1n) is 7.91. The average molecular weight is 244 g/mol. The minimum absolute atomic E-state index is 0.599. The smallest absolute Gasteiger partial charge is 0.0973 e. The summed E-state index contributed by atoms with van der Waals surface area (Å²) < 4.78 is 12.5. The lowest BCUT2D eigenvalue weighted by Crippen LogP contribution is -1.91. The molecule has 0 saturated heterocycles. The fourth-order valence-electron chi connectivity index (χ4n) is 2.27. The SMILES string of the molecule is CCCCCCCCCCCCCCC(C)F. The highest BCUT2D eigenvalue weighted by Gasteiger charge is 1.97. The zero-order valence-corrected chi connectivity index (χ0v) is 12.1. The standard InChI is InChI=1S/C16H33F/c1-3-4-5-6-7-8-9-10-11-12-13-14-15-16(2)17/h16H,3-15H2,1-2H3. The van der Waals surface area contributed by atoms with Crippen LogP contribution in [0.4, 0.5) is 4.39 Å². The fraction of sp³-hybridized carbons (Fsp3) is 1.00. The van der Waals surface area contributed by atoms with Crippen LogP contribution in [0.5, 0.6) is 0 Å². The predicted octanol–water partition coefficient (Wildman–Crippen LogP) is 6.44. The lowest BCUT2D eigenvalue weighted by molar-refractivity contribution is 0.329. The van der Waals surface area contributed by atoms with Crippen LogP contribution in [-0.2, 0) is 0 Å². The number of hydrogen-bond donors (Lipinski definition) is 0. The lowest BCUT2D eigenvalue weighted by atomic mass is 10.0. The van der Waals surface area contributed by atoms with Crippen molar-refractivity contribution >= 4 is 0 Å². The Morgan fingerprint density at radius 3 is 1.35 bits per heavy atom. The molecule has 0 aliphatic rings. The van der Waals surface area contributed by atoms with Crippen molar-refractivity contribution < 1.29 is 4.39 Å². The maximum Gasteiger partial charge on any atom is 0.0973 e. The van der Waals surface area contributed by atoms with Gasteiger partial charge in [0.1, 0.15) is 0 Å². The molecule has 0 N–H and O–H groups in total. The summed E-state index contributed by atoms with van der Waals surface area (Å²) in [5.41, 5.74) is 0. The Balaban J connectivity index is 2.89. The van der Waals surface area contributed by atoms with Crippen molar-refractivity contribution in [2.24, 2.45) is 0 Å². The number of alkyl halides is 1. The second-order valence-electron chi connectivity index (χ2n) is 5.46. The predicted molar refractivity (Wildman–Crippen MR) is 76.3 cm³/mol. The van der Waals surface area contributed by atoms with Gasteiger partial charge >= 0.3 is 0 Å². The molecule has 0 amide bonds. The normalized spacial score (nSPS) is 12.9. The number of halogens is 1. The molecule has 17 heavy (non-hydrogen) atoms. The van der Waals surface area contributed by atoms with Gasteiger partial charge in [0, 0.05) is 0 Å². The largest absolute Gasteiger partial charge is 0.248 e. The van der Waals surface area contributed by atoms with Gasteiger partial charge in [-0.05, 0) is 13.3 Å². The quantitative estimate of drug-likeness (QED) is 0.327. The van der Waals surface area contributed by atoms with Crippen molar-refractivity contribution in [3.63, 3.8) is 0 Å². The summed E-state index contributed by atoms with van der Waals surface area (Å²) in [7, 11) is 0. The molecule has 1 unspecified atom stereocenters. The summed E-state index contributed by atoms with van der Waals surface area (Å²) in [4.78, 5) is 0. The van der Waals surface area contributed by atoms with Gasteiger partial charge in [-0.1, -0.05) is 84.0 Å². The second-order valence-corrected chi connectivity index (χ2v) is 5.46. The molecule has 0 bridgehead atoms. The van der Waals surface area contributed by atoms with Crippen molar-refractivity contribution in [2.45, 2.75) is 103 Å². The molecule has 0 aliphatic carbocycles. The number of hydrogen-bond acceptors (Lipinski definition) is 0. The third-order valence-electron chi connectivity index (χ3n) is 3.46. The average Bonchev–Trinajstić information content (AvgIpc) is 2.30. The van der Waals surface area contributed by atoms with E-state index in [1.165, 1.54) is 70.6 Å². The highest BCUT2D eigenvalue weighted by Crippen LogP contribution is 2.13. The second kappa shape index (κ2) is 14.0. The van der Waals surface area contributed by atoms with Gasteiger partial charge in [-0.15, -0.1) is 0 Å². The summed E-state index contributed by atoms with van der Waals surface area (Å²) in [5.74, 6) is 0. The minimum Gasteiger partial charge on any atom is -0.248 e. The molecule has 0 spiro atoms. The van der Waals surface area contributed by atoms with E-state index in [0.717, 1.165) is 12.8 Å². The van der Waals surface area contributed by atoms with E-state index >= 15 is 0 Å². The Labute approximate surface area is 108 Å². The van der Waals surface area contributed by atoms with Crippen LogP contribution < -0.4 is 0 Å². The van der Waals surface area contributed by atoms with Gasteiger partial charge in [-0.2, -0.15) is 0 Å². The molecule has 0 saturated carbocycles. The van der Waals surface area contributed by atoms with E-state index in [9.17, 15) is 4.39 Å². The van der Waals surface area contributed by atoms with Crippen LogP contribution in [0, 0.1) is 0 Å². The molecule has 0 aromatic carbocycles. The summed E-state index contributed by atoms with van der Waals surface area (Å²) in [6.07, 6.45) is 16.4. The van der Waals surface area contributed by atoms with Gasteiger partial charge in [0.15, 0.2) is 0 Å². The van der Waals surface area contributed by atoms with Gasteiger partial charge in [-0.3, -0.25) is 0 Å². The van der Waals surface area contributed by atoms with Crippen LogP contribution in [0.25, 0.3) is 0 Å². The van der Waals surface area contributed by atoms with Gasteiger partial charge in [0.05, 0.1) is 6.17 Å². The van der Waals surface area contributed by atoms with Gasteiger partial charge < -0.3 is 0 Å². The molecule has 0 aromatic rings. The van der Waals surface area contributed by atoms with Crippen molar-refractivity contribution in [3.05, 3.63) is 0 Å². The Bertz CT molecular complexity index is 131. The minimum atomic E-state index is -0.599. The van der Waals surface area contributed by atoms with Crippen LogP contribution in [0.15, 0.2) is 0 Å². The summed E-state index contributed by atoms with van der Waals surface area (Å²) >= 11 is 0. The Morgan fingerprint density at radius 1 is 0.647 bits per heavy atom. The van der Waals surface area contributed by atoms with E-state index in [4.69, 9.17) is 0 Å². The van der Waals surface area contributed by atoms with Gasteiger partial charge in [0.2, 0.25) is 0 Å². The molecule has 0 radical (unpaired) electrons. The Morgan fingerprint density at radius 2 is 1.00 bits per heavy atom. The molecule has 0 fully saturated rings. The molecule has 0 aromatic heterocycles. The Hall–Kier alpha value is -0.0700. The highest BCUT2D eigenvalue weighted by molar-refractivity contribution is 4.51. The molecular formula is C16H33F. The lowest BCUT2D eigenvalue weighted by Gasteiger charge is -2.03. The first kappa shape index (κ1) is 16.9. The highest BCUT2D eigenvalue weighted by atomic mass is 19.1. The molecule has 0 rings (SSSR count). The third-order valence-corrected chi connectivity index (χ3v) is 3.46. The monoisotopic (exact) mass is 244 g/mol. The van der Waals surface area contributed by atoms with Crippen LogP contribution in [0.2, 0.25) is 0 Å². The van der Waals surface area contributed by atoms with Crippen molar-refractivity contribution in [2.75, 3.05) is 0 Å². The maximum atomic E-state index is 12.5. The van der Waals surface area contributed by atoms with E-state index in [2.05, 4.69) is 6.92 Å². The zero-order chi connectivity index (χ0) is 12.8. The zero-order valence-electron chi connectivity index (χ0n) is 12.1. The van der Waals surface area contributed by atoms with E-state index in [0.29, 0.717) is 0 Å². The molecule has 104 valence electrons.